The third-order valence-corrected chi connectivity index (χ3v) is 4.97. The second-order valence-electron chi connectivity index (χ2n) is 5.17. The summed E-state index contributed by atoms with van der Waals surface area (Å²) >= 11 is 0. The molecule has 0 aromatic heterocycles. The number of fused-ring (bicyclic) bond motifs is 1. The summed E-state index contributed by atoms with van der Waals surface area (Å²) in [5.74, 6) is -1.05. The highest BCUT2D eigenvalue weighted by molar-refractivity contribution is 7.94. The standard InChI is InChI=1S/C17H13NO4S/c1-12-6-8-13(9-7-12)23(21,22)11-10-18-16(19)14-4-2-3-5-15(14)17(18)20/h2-11H,1H3/b11-10+. The van der Waals surface area contributed by atoms with Gasteiger partial charge in [-0.25, -0.2) is 13.3 Å². The molecule has 0 saturated heterocycles. The van der Waals surface area contributed by atoms with Crippen LogP contribution in [0.15, 0.2) is 65.0 Å². The topological polar surface area (TPSA) is 71.5 Å². The van der Waals surface area contributed by atoms with E-state index in [0.717, 1.165) is 22.1 Å². The highest BCUT2D eigenvalue weighted by Crippen LogP contribution is 2.23. The molecule has 0 aliphatic carbocycles. The first-order valence-corrected chi connectivity index (χ1v) is 8.42. The van der Waals surface area contributed by atoms with Crippen molar-refractivity contribution >= 4 is 21.7 Å². The first-order chi connectivity index (χ1) is 10.9. The van der Waals surface area contributed by atoms with Gasteiger partial charge in [0.25, 0.3) is 11.8 Å². The molecule has 0 saturated carbocycles. The van der Waals surface area contributed by atoms with Gasteiger partial charge in [0, 0.05) is 6.20 Å². The van der Waals surface area contributed by atoms with Crippen molar-refractivity contribution in [2.24, 2.45) is 0 Å². The number of hydrogen-bond donors (Lipinski definition) is 0. The van der Waals surface area contributed by atoms with Crippen molar-refractivity contribution in [2.75, 3.05) is 0 Å². The van der Waals surface area contributed by atoms with Gasteiger partial charge in [0.15, 0.2) is 0 Å². The largest absolute Gasteiger partial charge is 0.268 e. The average molecular weight is 327 g/mol. The van der Waals surface area contributed by atoms with Gasteiger partial charge in [0.1, 0.15) is 0 Å². The Labute approximate surface area is 133 Å². The van der Waals surface area contributed by atoms with Crippen LogP contribution in [0.2, 0.25) is 0 Å². The molecule has 1 aliphatic heterocycles. The molecule has 0 fully saturated rings. The molecule has 0 radical (unpaired) electrons. The van der Waals surface area contributed by atoms with Crippen LogP contribution in [-0.2, 0) is 9.84 Å². The Kier molecular flexibility index (Phi) is 3.61. The molecule has 0 bridgehead atoms. The van der Waals surface area contributed by atoms with Crippen molar-refractivity contribution in [3.05, 3.63) is 76.8 Å². The Morgan fingerprint density at radius 2 is 1.39 bits per heavy atom. The molecule has 0 unspecified atom stereocenters. The Hall–Kier alpha value is -2.73. The van der Waals surface area contributed by atoms with Crippen LogP contribution in [-0.4, -0.2) is 25.1 Å². The predicted octanol–water partition coefficient (Wildman–Crippen LogP) is 2.54. The lowest BCUT2D eigenvalue weighted by Gasteiger charge is -2.07. The minimum atomic E-state index is -3.73. The minimum absolute atomic E-state index is 0.107. The zero-order valence-electron chi connectivity index (χ0n) is 12.3. The van der Waals surface area contributed by atoms with E-state index >= 15 is 0 Å². The fourth-order valence-electron chi connectivity index (χ4n) is 2.29. The second kappa shape index (κ2) is 5.48. The van der Waals surface area contributed by atoms with Gasteiger partial charge < -0.3 is 0 Å². The molecule has 2 aromatic carbocycles. The van der Waals surface area contributed by atoms with E-state index in [1.807, 2.05) is 6.92 Å². The number of carbonyl (C=O) groups is 2. The number of amides is 2. The molecule has 1 aliphatic rings. The van der Waals surface area contributed by atoms with E-state index in [1.54, 1.807) is 24.3 Å². The van der Waals surface area contributed by atoms with Crippen LogP contribution in [0.1, 0.15) is 26.3 Å². The van der Waals surface area contributed by atoms with Gasteiger partial charge >= 0.3 is 0 Å². The van der Waals surface area contributed by atoms with Crippen LogP contribution in [0.4, 0.5) is 0 Å². The molecular weight excluding hydrogens is 314 g/mol. The van der Waals surface area contributed by atoms with Crippen LogP contribution in [0.25, 0.3) is 0 Å². The van der Waals surface area contributed by atoms with E-state index in [-0.39, 0.29) is 16.0 Å². The number of imide groups is 1. The number of sulfone groups is 1. The van der Waals surface area contributed by atoms with Gasteiger partial charge in [0.05, 0.1) is 21.4 Å². The Morgan fingerprint density at radius 1 is 0.870 bits per heavy atom. The summed E-state index contributed by atoms with van der Waals surface area (Å²) in [5.41, 5.74) is 1.48. The summed E-state index contributed by atoms with van der Waals surface area (Å²) in [5, 5.41) is 0.874. The third-order valence-electron chi connectivity index (χ3n) is 3.56. The minimum Gasteiger partial charge on any atom is -0.268 e. The summed E-state index contributed by atoms with van der Waals surface area (Å²) < 4.78 is 24.5. The lowest BCUT2D eigenvalue weighted by molar-refractivity contribution is 0.0722. The van der Waals surface area contributed by atoms with Gasteiger partial charge in [-0.15, -0.1) is 0 Å². The molecule has 116 valence electrons. The molecular formula is C17H13NO4S. The smallest absolute Gasteiger partial charge is 0.265 e. The van der Waals surface area contributed by atoms with Crippen LogP contribution in [0, 0.1) is 6.92 Å². The summed E-state index contributed by atoms with van der Waals surface area (Å²) in [6.45, 7) is 1.85. The molecule has 5 nitrogen and oxygen atoms in total. The second-order valence-corrected chi connectivity index (χ2v) is 7.00. The first-order valence-electron chi connectivity index (χ1n) is 6.87. The number of nitrogens with zero attached hydrogens (tertiary/aromatic N) is 1. The summed E-state index contributed by atoms with van der Waals surface area (Å²) in [6.07, 6.45) is 1.01. The van der Waals surface area contributed by atoms with Crippen molar-refractivity contribution in [3.63, 3.8) is 0 Å². The van der Waals surface area contributed by atoms with E-state index in [0.29, 0.717) is 0 Å². The first kappa shape index (κ1) is 15.2. The highest BCUT2D eigenvalue weighted by atomic mass is 32.2. The quantitative estimate of drug-likeness (QED) is 0.812. The van der Waals surface area contributed by atoms with E-state index in [2.05, 4.69) is 0 Å². The molecule has 2 aromatic rings. The van der Waals surface area contributed by atoms with Crippen molar-refractivity contribution in [2.45, 2.75) is 11.8 Å². The lowest BCUT2D eigenvalue weighted by atomic mass is 10.1. The molecule has 0 N–H and O–H groups in total. The lowest BCUT2D eigenvalue weighted by Crippen LogP contribution is -2.23. The van der Waals surface area contributed by atoms with E-state index in [9.17, 15) is 18.0 Å². The number of hydrogen-bond acceptors (Lipinski definition) is 4. The van der Waals surface area contributed by atoms with Gasteiger partial charge in [-0.1, -0.05) is 29.8 Å². The summed E-state index contributed by atoms with van der Waals surface area (Å²) in [7, 11) is -3.73. The normalized spacial score (nSPS) is 14.6. The Morgan fingerprint density at radius 3 is 1.91 bits per heavy atom. The van der Waals surface area contributed by atoms with E-state index < -0.39 is 21.7 Å². The Balaban J connectivity index is 1.91. The maximum Gasteiger partial charge on any atom is 0.265 e. The van der Waals surface area contributed by atoms with Crippen LogP contribution >= 0.6 is 0 Å². The number of rotatable bonds is 3. The average Bonchev–Trinajstić information content (AvgIpc) is 2.78. The molecule has 0 spiro atoms. The fraction of sp³-hybridized carbons (Fsp3) is 0.0588. The van der Waals surface area contributed by atoms with Gasteiger partial charge in [-0.05, 0) is 31.2 Å². The molecule has 23 heavy (non-hydrogen) atoms. The monoisotopic (exact) mass is 327 g/mol. The van der Waals surface area contributed by atoms with Crippen LogP contribution in [0.5, 0.6) is 0 Å². The van der Waals surface area contributed by atoms with Crippen molar-refractivity contribution in [1.82, 2.24) is 4.90 Å². The van der Waals surface area contributed by atoms with Crippen molar-refractivity contribution in [3.8, 4) is 0 Å². The van der Waals surface area contributed by atoms with Crippen molar-refractivity contribution in [1.29, 1.82) is 0 Å². The van der Waals surface area contributed by atoms with Crippen LogP contribution in [0.3, 0.4) is 0 Å². The molecule has 0 atom stereocenters. The maximum absolute atomic E-state index is 12.3. The zero-order chi connectivity index (χ0) is 16.6. The molecule has 6 heteroatoms. The zero-order valence-corrected chi connectivity index (χ0v) is 13.1. The SMILES string of the molecule is Cc1ccc(S(=O)(=O)/C=C/N2C(=O)c3ccccc3C2=O)cc1. The fourth-order valence-corrected chi connectivity index (χ4v) is 3.25. The number of benzene rings is 2. The molecule has 1 heterocycles. The summed E-state index contributed by atoms with van der Waals surface area (Å²) in [6, 6.07) is 12.7. The molecule has 2 amide bonds. The predicted molar refractivity (Wildman–Crippen MR) is 84.4 cm³/mol. The van der Waals surface area contributed by atoms with Gasteiger partial charge in [-0.2, -0.15) is 0 Å². The Bertz CT molecular complexity index is 892. The number of carbonyl (C=O) groups excluding carboxylic acids is 2. The maximum atomic E-state index is 12.3. The van der Waals surface area contributed by atoms with Crippen molar-refractivity contribution < 1.29 is 18.0 Å². The van der Waals surface area contributed by atoms with E-state index in [4.69, 9.17) is 0 Å². The summed E-state index contributed by atoms with van der Waals surface area (Å²) in [4.78, 5) is 25.3. The number of aryl methyl sites for hydroxylation is 1. The van der Waals surface area contributed by atoms with Gasteiger partial charge in [-0.3, -0.25) is 9.59 Å². The van der Waals surface area contributed by atoms with E-state index in [1.165, 1.54) is 24.3 Å². The third kappa shape index (κ3) is 2.68. The molecule has 3 rings (SSSR count). The van der Waals surface area contributed by atoms with Gasteiger partial charge in [0.2, 0.25) is 9.84 Å². The van der Waals surface area contributed by atoms with Crippen LogP contribution < -0.4 is 0 Å². The highest BCUT2D eigenvalue weighted by Gasteiger charge is 2.33.